The van der Waals surface area contributed by atoms with Crippen LogP contribution in [0.2, 0.25) is 0 Å². The predicted octanol–water partition coefficient (Wildman–Crippen LogP) is 6.64. The fraction of sp³-hybridized carbons (Fsp3) is 0.371. The number of hydrogen-bond donors (Lipinski definition) is 0. The Balaban J connectivity index is 1.11. The van der Waals surface area contributed by atoms with Gasteiger partial charge < -0.3 is 24.0 Å². The number of rotatable bonds is 12. The van der Waals surface area contributed by atoms with Gasteiger partial charge in [0, 0.05) is 61.5 Å². The number of benzene rings is 3. The third-order valence-electron chi connectivity index (χ3n) is 8.84. The van der Waals surface area contributed by atoms with E-state index in [0.29, 0.717) is 31.3 Å². The van der Waals surface area contributed by atoms with Gasteiger partial charge in [-0.1, -0.05) is 42.5 Å². The Labute approximate surface area is 268 Å². The number of amides is 1. The van der Waals surface area contributed by atoms with Gasteiger partial charge in [-0.25, -0.2) is 0 Å². The van der Waals surface area contributed by atoms with E-state index in [-0.39, 0.29) is 24.6 Å². The predicted molar refractivity (Wildman–Crippen MR) is 178 cm³/mol. The molecule has 2 aliphatic rings. The number of ether oxygens (including phenoxy) is 1. The van der Waals surface area contributed by atoms with Crippen molar-refractivity contribution in [2.24, 2.45) is 0 Å². The number of fused-ring (bicyclic) bond motifs is 6. The second-order valence-corrected chi connectivity index (χ2v) is 12.1. The zero-order valence-electron chi connectivity index (χ0n) is 25.1. The highest BCUT2D eigenvalue weighted by Crippen LogP contribution is 2.44. The van der Waals surface area contributed by atoms with Gasteiger partial charge in [-0.05, 0) is 60.7 Å². The van der Waals surface area contributed by atoms with Crippen LogP contribution in [0.3, 0.4) is 0 Å². The summed E-state index contributed by atoms with van der Waals surface area (Å²) in [4.78, 5) is 32.6. The van der Waals surface area contributed by atoms with Crippen molar-refractivity contribution in [1.82, 2.24) is 9.47 Å². The second kappa shape index (κ2) is 13.5. The molecule has 6 rings (SSSR count). The van der Waals surface area contributed by atoms with E-state index in [0.717, 1.165) is 60.5 Å². The Hall–Kier alpha value is -3.68. The maximum absolute atomic E-state index is 13.5. The van der Waals surface area contributed by atoms with Gasteiger partial charge in [0.05, 0.1) is 23.5 Å². The minimum atomic E-state index is -0.215. The molecule has 1 amide bonds. The van der Waals surface area contributed by atoms with Crippen LogP contribution in [-0.2, 0) is 28.9 Å². The quantitative estimate of drug-likeness (QED) is 0.129. The van der Waals surface area contributed by atoms with Crippen LogP contribution < -0.4 is 9.80 Å². The lowest BCUT2D eigenvalue weighted by Gasteiger charge is -2.46. The van der Waals surface area contributed by atoms with Crippen molar-refractivity contribution in [1.29, 1.82) is 0 Å². The van der Waals surface area contributed by atoms with Gasteiger partial charge in [-0.2, -0.15) is 0 Å². The molecule has 3 heterocycles. The van der Waals surface area contributed by atoms with Crippen LogP contribution in [-0.4, -0.2) is 66.4 Å². The maximum Gasteiger partial charge on any atom is 0.305 e. The van der Waals surface area contributed by atoms with E-state index in [1.807, 2.05) is 35.2 Å². The number of halogens is 2. The molecule has 2 aliphatic heterocycles. The highest BCUT2D eigenvalue weighted by molar-refractivity contribution is 6.18. The zero-order chi connectivity index (χ0) is 30.6. The third-order valence-corrected chi connectivity index (χ3v) is 9.18. The van der Waals surface area contributed by atoms with Crippen molar-refractivity contribution < 1.29 is 14.3 Å². The van der Waals surface area contributed by atoms with Gasteiger partial charge in [0.25, 0.3) is 5.91 Å². The van der Waals surface area contributed by atoms with Crippen LogP contribution in [0.15, 0.2) is 72.8 Å². The van der Waals surface area contributed by atoms with Gasteiger partial charge >= 0.3 is 5.97 Å². The summed E-state index contributed by atoms with van der Waals surface area (Å²) in [7, 11) is 2.06. The summed E-state index contributed by atoms with van der Waals surface area (Å²) in [5.41, 5.74) is 7.44. The maximum atomic E-state index is 13.5. The number of carbonyl (C=O) groups is 2. The van der Waals surface area contributed by atoms with Gasteiger partial charge in [-0.15, -0.1) is 23.2 Å². The number of carbonyl (C=O) groups excluding carboxylic acids is 2. The van der Waals surface area contributed by atoms with Gasteiger partial charge in [-0.3, -0.25) is 9.59 Å². The molecule has 0 spiro atoms. The number of aryl methyl sites for hydroxylation is 1. The molecule has 0 radical (unpaired) electrons. The molecule has 9 heteroatoms. The van der Waals surface area contributed by atoms with Gasteiger partial charge in [0.1, 0.15) is 12.8 Å². The number of nitrogens with zero attached hydrogens (tertiary/aromatic N) is 4. The molecule has 1 aromatic heterocycles. The Morgan fingerprint density at radius 2 is 1.70 bits per heavy atom. The number of anilines is 2. The van der Waals surface area contributed by atoms with Crippen molar-refractivity contribution >= 4 is 57.4 Å². The zero-order valence-corrected chi connectivity index (χ0v) is 26.6. The van der Waals surface area contributed by atoms with Crippen LogP contribution >= 0.6 is 23.2 Å². The number of alkyl halides is 2. The van der Waals surface area contributed by atoms with E-state index in [1.165, 1.54) is 16.5 Å². The van der Waals surface area contributed by atoms with E-state index in [4.69, 9.17) is 27.9 Å². The van der Waals surface area contributed by atoms with Gasteiger partial charge in [0.15, 0.2) is 0 Å². The Kier molecular flexibility index (Phi) is 9.33. The molecule has 7 nitrogen and oxygen atoms in total. The summed E-state index contributed by atoms with van der Waals surface area (Å²) < 4.78 is 8.01. The topological polar surface area (TPSA) is 58.0 Å². The first kappa shape index (κ1) is 30.4. The fourth-order valence-electron chi connectivity index (χ4n) is 6.76. The standard InChI is InChI=1S/C35H38Cl2N4O3/c1-38-30-10-4-3-9-29(30)35(43)41-20-17-28-27-8-2-5-11-31(27)40(33(28)34(38)41)23-24-44-32(42)12-6-7-25-13-15-26(16-14-25)39(21-18-36)22-19-37/h2-5,8-11,13-16,34H,6-7,12,17-24H2,1H3. The van der Waals surface area contributed by atoms with Crippen molar-refractivity contribution in [2.45, 2.75) is 38.4 Å². The molecule has 3 aromatic carbocycles. The summed E-state index contributed by atoms with van der Waals surface area (Å²) in [6.07, 6.45) is 2.46. The molecule has 0 fully saturated rings. The molecule has 0 bridgehead atoms. The van der Waals surface area contributed by atoms with Crippen molar-refractivity contribution in [3.63, 3.8) is 0 Å². The molecule has 0 saturated heterocycles. The largest absolute Gasteiger partial charge is 0.464 e. The van der Waals surface area contributed by atoms with Crippen LogP contribution in [0.5, 0.6) is 0 Å². The molecule has 44 heavy (non-hydrogen) atoms. The SMILES string of the molecule is CN1c2ccccc2C(=O)N2CCc3c(n(CCOC(=O)CCCc4ccc(N(CCCl)CCCl)cc4)c4ccccc34)C21. The summed E-state index contributed by atoms with van der Waals surface area (Å²) >= 11 is 11.9. The lowest BCUT2D eigenvalue weighted by molar-refractivity contribution is -0.144. The third kappa shape index (κ3) is 5.87. The second-order valence-electron chi connectivity index (χ2n) is 11.4. The van der Waals surface area contributed by atoms with Crippen LogP contribution in [0.1, 0.15) is 46.2 Å². The van der Waals surface area contributed by atoms with E-state index in [9.17, 15) is 9.59 Å². The van der Waals surface area contributed by atoms with Crippen LogP contribution in [0, 0.1) is 0 Å². The first-order valence-corrected chi connectivity index (χ1v) is 16.4. The van der Waals surface area contributed by atoms with Crippen molar-refractivity contribution in [2.75, 3.05) is 54.8 Å². The average Bonchev–Trinajstić information content (AvgIpc) is 3.37. The van der Waals surface area contributed by atoms with Crippen LogP contribution in [0.4, 0.5) is 11.4 Å². The van der Waals surface area contributed by atoms with E-state index in [2.05, 4.69) is 63.9 Å². The van der Waals surface area contributed by atoms with Crippen LogP contribution in [0.25, 0.3) is 10.9 Å². The number of hydrogen-bond acceptors (Lipinski definition) is 5. The fourth-order valence-corrected chi connectivity index (χ4v) is 7.16. The Bertz CT molecular complexity index is 1630. The van der Waals surface area contributed by atoms with E-state index >= 15 is 0 Å². The summed E-state index contributed by atoms with van der Waals surface area (Å²) in [6, 6.07) is 24.6. The lowest BCUT2D eigenvalue weighted by atomic mass is 9.96. The average molecular weight is 634 g/mol. The van der Waals surface area contributed by atoms with E-state index < -0.39 is 0 Å². The molecular formula is C35H38Cl2N4O3. The van der Waals surface area contributed by atoms with Crippen molar-refractivity contribution in [3.8, 4) is 0 Å². The highest BCUT2D eigenvalue weighted by Gasteiger charge is 2.42. The normalized spacial score (nSPS) is 15.6. The monoisotopic (exact) mass is 632 g/mol. The van der Waals surface area contributed by atoms with E-state index in [1.54, 1.807) is 0 Å². The highest BCUT2D eigenvalue weighted by atomic mass is 35.5. The van der Waals surface area contributed by atoms with Crippen molar-refractivity contribution in [3.05, 3.63) is 95.2 Å². The Morgan fingerprint density at radius 1 is 0.977 bits per heavy atom. The summed E-state index contributed by atoms with van der Waals surface area (Å²) in [5, 5.41) is 1.20. The first-order valence-electron chi connectivity index (χ1n) is 15.4. The molecule has 230 valence electrons. The smallest absolute Gasteiger partial charge is 0.305 e. The minimum absolute atomic E-state index is 0.0649. The number of para-hydroxylation sites is 2. The number of esters is 1. The van der Waals surface area contributed by atoms with Gasteiger partial charge in [0.2, 0.25) is 0 Å². The molecule has 1 unspecified atom stereocenters. The molecule has 0 N–H and O–H groups in total. The molecule has 0 saturated carbocycles. The molecule has 0 aliphatic carbocycles. The first-order chi connectivity index (χ1) is 21.5. The minimum Gasteiger partial charge on any atom is -0.464 e. The number of aromatic nitrogens is 1. The Morgan fingerprint density at radius 3 is 2.48 bits per heavy atom. The molecule has 4 aromatic rings. The lowest BCUT2D eigenvalue weighted by Crippen LogP contribution is -2.51. The molecule has 1 atom stereocenters. The summed E-state index contributed by atoms with van der Waals surface area (Å²) in [5.74, 6) is 0.972. The molecular weight excluding hydrogens is 595 g/mol. The summed E-state index contributed by atoms with van der Waals surface area (Å²) in [6.45, 7) is 2.97.